The summed E-state index contributed by atoms with van der Waals surface area (Å²) in [7, 11) is -0.0337. The van der Waals surface area contributed by atoms with Crippen molar-refractivity contribution in [2.24, 2.45) is 0 Å². The molecule has 0 saturated carbocycles. The molecule has 0 amide bonds. The van der Waals surface area contributed by atoms with Crippen molar-refractivity contribution in [3.05, 3.63) is 81.4 Å². The summed E-state index contributed by atoms with van der Waals surface area (Å²) in [4.78, 5) is 0. The Morgan fingerprint density at radius 1 is 0.538 bits per heavy atom. The topological polar surface area (TPSA) is 0 Å². The fraction of sp³-hybridized carbons (Fsp3) is 0.529. The number of fused-ring (bicyclic) bond motifs is 2. The number of halogens is 2. The van der Waals surface area contributed by atoms with Gasteiger partial charge in [0.1, 0.15) is 0 Å². The molecule has 0 nitrogen and oxygen atoms in total. The molecular weight excluding hydrogens is 556 g/mol. The maximum Gasteiger partial charge on any atom is -1.00 e. The summed E-state index contributed by atoms with van der Waals surface area (Å²) in [6.07, 6.45) is 22.0. The van der Waals surface area contributed by atoms with E-state index < -0.39 is 0 Å². The first-order valence-electron chi connectivity index (χ1n) is 15.1. The summed E-state index contributed by atoms with van der Waals surface area (Å²) in [6, 6.07) is 18.9. The summed E-state index contributed by atoms with van der Waals surface area (Å²) < 4.78 is 1.45. The van der Waals surface area contributed by atoms with Crippen LogP contribution < -0.4 is 9.41 Å². The van der Waals surface area contributed by atoms with E-state index in [9.17, 15) is 0 Å². The van der Waals surface area contributed by atoms with Crippen LogP contribution in [0.15, 0.2) is 59.2 Å². The van der Waals surface area contributed by atoms with Crippen LogP contribution in [0.4, 0.5) is 0 Å². The Bertz CT molecular complexity index is 967. The zero-order valence-corrected chi connectivity index (χ0v) is 27.9. The van der Waals surface area contributed by atoms with Gasteiger partial charge in [-0.3, -0.25) is 0 Å². The maximum atomic E-state index is 2.68. The van der Waals surface area contributed by atoms with Crippen molar-refractivity contribution in [3.63, 3.8) is 0 Å². The van der Waals surface area contributed by atoms with Crippen LogP contribution in [-0.4, -0.2) is 24.6 Å². The normalized spacial score (nSPS) is 17.2. The minimum atomic E-state index is -0.260. The predicted molar refractivity (Wildman–Crippen MR) is 167 cm³/mol. The molecule has 0 heterocycles. The van der Waals surface area contributed by atoms with Crippen LogP contribution in [0.3, 0.4) is 0 Å². The SMILES string of the molecule is CCCCP(CCCC)C1=Cc2ccccc2[CH]1[Ti+2][CH]1C(P(CCCC)CCCC)=Cc2ccccc21.[F-].[F-]. The van der Waals surface area contributed by atoms with Crippen molar-refractivity contribution in [2.75, 3.05) is 24.6 Å². The minimum absolute atomic E-state index is 0. The van der Waals surface area contributed by atoms with Gasteiger partial charge in [0.25, 0.3) is 0 Å². The molecule has 2 aliphatic rings. The molecule has 0 aromatic heterocycles. The van der Waals surface area contributed by atoms with E-state index in [-0.39, 0.29) is 44.4 Å². The number of hydrogen-bond acceptors (Lipinski definition) is 0. The molecule has 2 atom stereocenters. The van der Waals surface area contributed by atoms with Gasteiger partial charge in [-0.1, -0.05) is 0 Å². The van der Waals surface area contributed by atoms with E-state index in [0.717, 1.165) is 8.45 Å². The van der Waals surface area contributed by atoms with E-state index in [1.54, 1.807) is 22.3 Å². The third kappa shape index (κ3) is 8.68. The smallest absolute Gasteiger partial charge is 1.00 e. The Morgan fingerprint density at radius 2 is 0.872 bits per heavy atom. The van der Waals surface area contributed by atoms with Gasteiger partial charge in [0.2, 0.25) is 0 Å². The molecule has 0 spiro atoms. The van der Waals surface area contributed by atoms with Crippen LogP contribution in [0.25, 0.3) is 12.2 Å². The molecule has 2 aliphatic carbocycles. The van der Waals surface area contributed by atoms with Crippen molar-refractivity contribution >= 4 is 28.0 Å². The van der Waals surface area contributed by atoms with Gasteiger partial charge < -0.3 is 9.41 Å². The summed E-state index contributed by atoms with van der Waals surface area (Å²) in [6.45, 7) is 9.49. The van der Waals surface area contributed by atoms with Gasteiger partial charge in [-0.05, 0) is 0 Å². The van der Waals surface area contributed by atoms with E-state index >= 15 is 0 Å². The van der Waals surface area contributed by atoms with Gasteiger partial charge >= 0.3 is 241 Å². The fourth-order valence-electron chi connectivity index (χ4n) is 5.82. The first-order chi connectivity index (χ1) is 18.2. The Balaban J connectivity index is 0.00000267. The molecule has 0 bridgehead atoms. The van der Waals surface area contributed by atoms with Crippen LogP contribution in [0.1, 0.15) is 110 Å². The zero-order valence-electron chi connectivity index (χ0n) is 24.6. The molecule has 2 unspecified atom stereocenters. The summed E-state index contributed by atoms with van der Waals surface area (Å²) >= 11 is -0.260. The summed E-state index contributed by atoms with van der Waals surface area (Å²) in [5.41, 5.74) is 6.44. The van der Waals surface area contributed by atoms with E-state index in [1.165, 1.54) is 76.0 Å². The van der Waals surface area contributed by atoms with Crippen molar-refractivity contribution in [2.45, 2.75) is 87.5 Å². The Hall–Kier alpha value is -0.646. The summed E-state index contributed by atoms with van der Waals surface area (Å²) in [5.74, 6) is 0. The number of benzene rings is 2. The van der Waals surface area contributed by atoms with E-state index in [1.807, 2.05) is 10.6 Å². The molecule has 212 valence electrons. The molecule has 5 heteroatoms. The third-order valence-corrected chi connectivity index (χ3v) is 17.4. The Labute approximate surface area is 249 Å². The minimum Gasteiger partial charge on any atom is -1.00 e. The van der Waals surface area contributed by atoms with Crippen molar-refractivity contribution in [1.82, 2.24) is 0 Å². The Kier molecular flexibility index (Phi) is 16.0. The molecule has 0 N–H and O–H groups in total. The second kappa shape index (κ2) is 18.0. The standard InChI is InChI=1S/2C17H24P.2FH.Ti/c2*1-3-5-11-18(12-6-4-2)17-13-15-9-7-8-10-16(15)14-17;;;/h2*7-10,13-14H,3-6,11-12H2,1-2H3;2*1H;/q;;;;+2/p-2. The molecule has 0 saturated heterocycles. The van der Waals surface area contributed by atoms with Crippen molar-refractivity contribution in [1.29, 1.82) is 0 Å². The first-order valence-corrected chi connectivity index (χ1v) is 20.3. The van der Waals surface area contributed by atoms with Crippen LogP contribution in [0, 0.1) is 0 Å². The molecule has 0 fully saturated rings. The molecule has 4 rings (SSSR count). The third-order valence-electron chi connectivity index (χ3n) is 8.00. The monoisotopic (exact) mass is 604 g/mol. The average molecular weight is 605 g/mol. The van der Waals surface area contributed by atoms with Crippen LogP contribution in [-0.2, 0) is 19.2 Å². The first kappa shape index (κ1) is 34.6. The van der Waals surface area contributed by atoms with Crippen molar-refractivity contribution in [3.8, 4) is 0 Å². The molecule has 39 heavy (non-hydrogen) atoms. The second-order valence-corrected chi connectivity index (χ2v) is 18.1. The number of allylic oxidation sites excluding steroid dienone is 2. The molecule has 2 aromatic carbocycles. The van der Waals surface area contributed by atoms with Gasteiger partial charge in [0.15, 0.2) is 0 Å². The van der Waals surface area contributed by atoms with Crippen LogP contribution in [0.2, 0.25) is 0 Å². The Morgan fingerprint density at radius 3 is 1.21 bits per heavy atom. The number of rotatable bonds is 16. The maximum absolute atomic E-state index is 2.68. The van der Waals surface area contributed by atoms with Gasteiger partial charge in [0, 0.05) is 0 Å². The van der Waals surface area contributed by atoms with E-state index in [4.69, 9.17) is 0 Å². The second-order valence-electron chi connectivity index (χ2n) is 10.8. The van der Waals surface area contributed by atoms with Gasteiger partial charge in [-0.25, -0.2) is 0 Å². The van der Waals surface area contributed by atoms with Crippen LogP contribution in [0.5, 0.6) is 0 Å². The summed E-state index contributed by atoms with van der Waals surface area (Å²) in [5, 5.41) is 3.77. The zero-order chi connectivity index (χ0) is 26.0. The predicted octanol–water partition coefficient (Wildman–Crippen LogP) is 5.43. The van der Waals surface area contributed by atoms with Crippen LogP contribution >= 0.6 is 15.8 Å². The number of unbranched alkanes of at least 4 members (excludes halogenated alkanes) is 4. The molecule has 2 aromatic rings. The van der Waals surface area contributed by atoms with Crippen molar-refractivity contribution < 1.29 is 28.6 Å². The molecule has 0 radical (unpaired) electrons. The van der Waals surface area contributed by atoms with E-state index in [0.29, 0.717) is 0 Å². The molecular formula is C34H48F2P2Ti. The average Bonchev–Trinajstić information content (AvgIpc) is 3.48. The quantitative estimate of drug-likeness (QED) is 0.177. The van der Waals surface area contributed by atoms with Gasteiger partial charge in [0.05, 0.1) is 0 Å². The molecule has 0 aliphatic heterocycles. The van der Waals surface area contributed by atoms with Gasteiger partial charge in [-0.2, -0.15) is 0 Å². The fourth-order valence-corrected chi connectivity index (χ4v) is 16.8. The number of hydrogen-bond donors (Lipinski definition) is 0. The van der Waals surface area contributed by atoms with Gasteiger partial charge in [-0.15, -0.1) is 0 Å². The largest absolute Gasteiger partial charge is 1.00 e. The van der Waals surface area contributed by atoms with E-state index in [2.05, 4.69) is 88.4 Å².